The van der Waals surface area contributed by atoms with Crippen LogP contribution in [0.4, 0.5) is 19.1 Å². The summed E-state index contributed by atoms with van der Waals surface area (Å²) in [5, 5.41) is 4.89. The van der Waals surface area contributed by atoms with E-state index in [9.17, 15) is 27.2 Å². The molecule has 0 radical (unpaired) electrons. The third kappa shape index (κ3) is 19.9. The van der Waals surface area contributed by atoms with Crippen molar-refractivity contribution >= 4 is 44.5 Å². The van der Waals surface area contributed by atoms with Crippen LogP contribution in [-0.2, 0) is 55.7 Å². The van der Waals surface area contributed by atoms with Gasteiger partial charge in [-0.3, -0.25) is 9.79 Å². The Balaban J connectivity index is 0.000000142. The second kappa shape index (κ2) is 37.7. The van der Waals surface area contributed by atoms with Crippen molar-refractivity contribution in [1.29, 1.82) is 0 Å². The summed E-state index contributed by atoms with van der Waals surface area (Å²) < 4.78 is 85.6. The summed E-state index contributed by atoms with van der Waals surface area (Å²) in [6.45, 7) is 2.32. The molecule has 3 unspecified atom stereocenters. The van der Waals surface area contributed by atoms with E-state index in [-0.39, 0.29) is 49.5 Å². The number of halogens is 3. The van der Waals surface area contributed by atoms with Gasteiger partial charge in [-0.05, 0) is 179 Å². The minimum atomic E-state index is -4.78. The van der Waals surface area contributed by atoms with Gasteiger partial charge < -0.3 is 58.7 Å². The van der Waals surface area contributed by atoms with E-state index in [0.717, 1.165) is 168 Å². The Bertz CT molecular complexity index is 4770. The third-order valence-electron chi connectivity index (χ3n) is 19.2. The van der Waals surface area contributed by atoms with Gasteiger partial charge in [-0.2, -0.15) is 0 Å². The lowest BCUT2D eigenvalue weighted by atomic mass is 9.93. The number of benzene rings is 3. The van der Waals surface area contributed by atoms with Gasteiger partial charge in [-0.15, -0.1) is 0 Å². The number of ether oxygens (including phenoxy) is 3. The third-order valence-corrected chi connectivity index (χ3v) is 22.1. The van der Waals surface area contributed by atoms with Crippen LogP contribution in [0.2, 0.25) is 0 Å². The second-order valence-corrected chi connectivity index (χ2v) is 31.9. The number of hydrogen-bond acceptors (Lipinski definition) is 20. The minimum Gasteiger partial charge on any atom is -0.588 e. The number of imidazole rings is 3. The number of nitrogens with two attached hydrogens (primary N) is 2. The van der Waals surface area contributed by atoms with E-state index in [2.05, 4.69) is 85.0 Å². The van der Waals surface area contributed by atoms with Gasteiger partial charge in [0.05, 0.1) is 63.3 Å². The molecule has 570 valence electrons. The van der Waals surface area contributed by atoms with Crippen LogP contribution in [0.5, 0.6) is 0 Å². The molecule has 3 aromatic carbocycles. The lowest BCUT2D eigenvalue weighted by Gasteiger charge is -2.26. The summed E-state index contributed by atoms with van der Waals surface area (Å²) in [7, 11) is -5.08. The predicted octanol–water partition coefficient (Wildman–Crippen LogP) is 14.3. The zero-order valence-corrected chi connectivity index (χ0v) is 63.1. The van der Waals surface area contributed by atoms with Crippen LogP contribution < -0.4 is 21.7 Å². The highest BCUT2D eigenvalue weighted by Gasteiger charge is 2.35. The van der Waals surface area contributed by atoms with Gasteiger partial charge in [-0.1, -0.05) is 41.9 Å². The summed E-state index contributed by atoms with van der Waals surface area (Å²) in [6, 6.07) is 35.3. The molecule has 6 atom stereocenters. The van der Waals surface area contributed by atoms with Crippen LogP contribution in [0.25, 0.3) is 67.9 Å². The normalized spacial score (nSPS) is 18.3. The Hall–Kier alpha value is -8.61. The molecule has 11 aromatic rings. The Morgan fingerprint density at radius 1 is 0.556 bits per heavy atom. The molecule has 12 heterocycles. The standard InChI is InChI=1S/C25H25FN6.C22H20FN5S.C18H18FN5S.C6H12O3.C4H9N.CH4.H2O5P2/c26-18-8-6-17(7-9-18)23-24(21-12-13-27-25(29-21)28-19-4-3-5-19)32-20(10-11-22(32)30-23)16-31-14-1-2-15-31;1-29-22-24-11-10-18(25-22)21-20(15-4-6-16(23)7-5-15)26-19-9-8-17(28(19)21)14-27-12-2-3-13-27;1-25-18-21-9-8-14(22-18)17-16(11-2-4-12(19)5-3-11)23-15-7-6-13(10-20)24(15)17;1-7-5-3-4-6(8-2)9-5;5-4-2-1-3-4;;1-6(2)7(3,4)5/h1-2,6-9,12-15,19-20H,3-5,10-11,16H2,(H,27,28,29);2-7,10-13,17H,8-9,14H2,1H3;2-5,8-9,13H,6-7,10,20H2,1H3;5-6H,3-4H2,1-2H3;4H,1-3,5H2;1H4;(H2,3,4,5)/t20-;17-;13-;;;;/m000..../s1. The first kappa shape index (κ1) is 80.4. The lowest BCUT2D eigenvalue weighted by molar-refractivity contribution is -0.185. The molecule has 2 aliphatic carbocycles. The van der Waals surface area contributed by atoms with Gasteiger partial charge in [0.1, 0.15) is 34.9 Å². The van der Waals surface area contributed by atoms with Gasteiger partial charge >= 0.3 is 15.0 Å². The van der Waals surface area contributed by atoms with Crippen molar-refractivity contribution in [3.8, 4) is 67.9 Å². The van der Waals surface area contributed by atoms with Gasteiger partial charge in [0.2, 0.25) is 5.95 Å². The maximum absolute atomic E-state index is 13.6. The first-order valence-corrected chi connectivity index (χ1v) is 41.4. The van der Waals surface area contributed by atoms with Crippen molar-refractivity contribution in [2.45, 2.75) is 164 Å². The summed E-state index contributed by atoms with van der Waals surface area (Å²) in [4.78, 5) is 66.7. The molecule has 0 bridgehead atoms. The molecule has 0 spiro atoms. The fourth-order valence-corrected chi connectivity index (χ4v) is 14.1. The second-order valence-electron chi connectivity index (χ2n) is 26.3. The van der Waals surface area contributed by atoms with E-state index in [0.29, 0.717) is 35.8 Å². The number of fused-ring (bicyclic) bond motifs is 3. The molecule has 17 rings (SSSR count). The number of nitrogens with zero attached hydrogens (tertiary/aromatic N) is 14. The molecular formula is C76H90F3N17O8P2S2. The minimum absolute atomic E-state index is 0. The van der Waals surface area contributed by atoms with Crippen LogP contribution in [0.3, 0.4) is 0 Å². The van der Waals surface area contributed by atoms with Crippen LogP contribution in [0.15, 0.2) is 169 Å². The number of rotatable bonds is 18. The van der Waals surface area contributed by atoms with Crippen molar-refractivity contribution in [1.82, 2.24) is 67.7 Å². The molecule has 8 aromatic heterocycles. The van der Waals surface area contributed by atoms with E-state index in [1.807, 2.05) is 49.0 Å². The highest BCUT2D eigenvalue weighted by Crippen LogP contribution is 2.56. The summed E-state index contributed by atoms with van der Waals surface area (Å²) >= 11 is 3.01. The van der Waals surface area contributed by atoms with Gasteiger partial charge in [-0.25, -0.2) is 62.6 Å². The van der Waals surface area contributed by atoms with E-state index in [4.69, 9.17) is 60.4 Å². The highest BCUT2D eigenvalue weighted by molar-refractivity contribution is 8.19. The number of anilines is 1. The Labute approximate surface area is 635 Å². The Morgan fingerprint density at radius 2 is 0.907 bits per heavy atom. The van der Waals surface area contributed by atoms with Gasteiger partial charge in [0.15, 0.2) is 22.9 Å². The highest BCUT2D eigenvalue weighted by atomic mass is 32.2. The molecule has 6 aliphatic rings. The van der Waals surface area contributed by atoms with Gasteiger partial charge in [0.25, 0.3) is 0 Å². The zero-order valence-electron chi connectivity index (χ0n) is 59.7. The number of nitrogens with one attached hydrogen (secondary N) is 1. The van der Waals surface area contributed by atoms with Crippen LogP contribution in [0.1, 0.15) is 114 Å². The predicted molar refractivity (Wildman–Crippen MR) is 411 cm³/mol. The number of methoxy groups -OCH3 is 2. The topological polar surface area (TPSA) is 330 Å². The summed E-state index contributed by atoms with van der Waals surface area (Å²) in [5.74, 6) is 3.02. The first-order valence-electron chi connectivity index (χ1n) is 35.4. The molecule has 4 aliphatic heterocycles. The van der Waals surface area contributed by atoms with E-state index >= 15 is 0 Å². The maximum Gasteiger partial charge on any atom is 0.561 e. The summed E-state index contributed by atoms with van der Waals surface area (Å²) in [5.41, 5.74) is 22.0. The lowest BCUT2D eigenvalue weighted by Crippen LogP contribution is -2.28. The average Bonchev–Trinajstić information content (AvgIpc) is 1.61. The van der Waals surface area contributed by atoms with E-state index < -0.39 is 15.0 Å². The molecule has 1 saturated heterocycles. The molecule has 0 amide bonds. The van der Waals surface area contributed by atoms with Crippen molar-refractivity contribution < 1.29 is 51.2 Å². The first-order chi connectivity index (χ1) is 51.9. The van der Waals surface area contributed by atoms with Crippen molar-refractivity contribution in [2.75, 3.05) is 38.6 Å². The van der Waals surface area contributed by atoms with E-state index in [1.165, 1.54) is 85.6 Å². The number of aryl methyl sites for hydroxylation is 3. The Kier molecular flexibility index (Phi) is 28.0. The monoisotopic (exact) mass is 1550 g/mol. The fourth-order valence-electron chi connectivity index (χ4n) is 13.4. The number of aromatic nitrogens is 14. The van der Waals surface area contributed by atoms with Crippen LogP contribution in [0, 0.1) is 17.5 Å². The van der Waals surface area contributed by atoms with E-state index in [1.54, 1.807) is 63.0 Å². The largest absolute Gasteiger partial charge is 0.588 e. The summed E-state index contributed by atoms with van der Waals surface area (Å²) in [6.07, 6.45) is 32.7. The smallest absolute Gasteiger partial charge is 0.561 e. The van der Waals surface area contributed by atoms with Crippen LogP contribution in [-0.4, -0.2) is 135 Å². The van der Waals surface area contributed by atoms with Crippen molar-refractivity contribution in [2.24, 2.45) is 11.5 Å². The SMILES string of the molecule is C.COC1CCC(OC)O1.CSc1nccc(-c2c(-c3ccc(F)cc3)nc3n2[C@H](CN)CC3)n1.CSc1nccc(-c2c(-c3ccc(F)cc3)nc3n2[C@H](Cn2cccc2)CC3)n1.Fc1ccc(-c2nc3n(c2-c2ccnc(NC4CCC4)n2)[C@H](Cn2cccc2)CC3)cc1.NC1CCC1.O=[P+]([O-])P(=O)(O)O. The molecule has 2 saturated carbocycles. The van der Waals surface area contributed by atoms with Crippen molar-refractivity contribution in [3.63, 3.8) is 0 Å². The number of thioether (sulfide) groups is 2. The molecule has 108 heavy (non-hydrogen) atoms. The zero-order chi connectivity index (χ0) is 75.1. The van der Waals surface area contributed by atoms with Gasteiger partial charge in [0, 0.05) is 144 Å². The molecule has 25 nitrogen and oxygen atoms in total. The molecule has 32 heteroatoms. The molecule has 3 fully saturated rings. The average molecular weight is 1550 g/mol. The molecular weight excluding hydrogens is 1460 g/mol. The van der Waals surface area contributed by atoms with Crippen molar-refractivity contribution in [3.05, 3.63) is 194 Å². The fraction of sp³-hybridized carbons (Fsp3) is 0.382. The van der Waals surface area contributed by atoms with Crippen LogP contribution >= 0.6 is 38.5 Å². The Morgan fingerprint density at radius 3 is 1.22 bits per heavy atom. The quantitative estimate of drug-likeness (QED) is 0.0303. The maximum atomic E-state index is 13.6. The number of hydrogen-bond donors (Lipinski definition) is 5. The molecule has 7 N–H and O–H groups in total.